The van der Waals surface area contributed by atoms with Crippen molar-refractivity contribution in [3.8, 4) is 17.1 Å². The van der Waals surface area contributed by atoms with Crippen LogP contribution in [0.4, 0.5) is 32.3 Å². The van der Waals surface area contributed by atoms with Crippen LogP contribution in [0.5, 0.6) is 5.88 Å². The van der Waals surface area contributed by atoms with E-state index in [1.54, 1.807) is 24.0 Å². The zero-order valence-electron chi connectivity index (χ0n) is 26.5. The summed E-state index contributed by atoms with van der Waals surface area (Å²) in [5.74, 6) is -0.867. The summed E-state index contributed by atoms with van der Waals surface area (Å²) < 4.78 is 88.0. The van der Waals surface area contributed by atoms with E-state index in [1.165, 1.54) is 11.8 Å². The minimum Gasteiger partial charge on any atom is -0.477 e. The molecule has 0 saturated carbocycles. The number of halogens is 6. The fraction of sp³-hybridized carbons (Fsp3) is 0.455. The Kier molecular flexibility index (Phi) is 9.17. The van der Waals surface area contributed by atoms with Crippen LogP contribution in [0.3, 0.4) is 0 Å². The molecule has 2 aliphatic rings. The zero-order chi connectivity index (χ0) is 34.4. The van der Waals surface area contributed by atoms with Crippen LogP contribution in [0.25, 0.3) is 11.3 Å². The van der Waals surface area contributed by atoms with Crippen molar-refractivity contribution in [2.45, 2.75) is 65.6 Å². The lowest BCUT2D eigenvalue weighted by atomic mass is 9.99. The van der Waals surface area contributed by atoms with E-state index in [0.717, 1.165) is 5.56 Å². The highest BCUT2D eigenvalue weighted by atomic mass is 19.4. The molecular weight excluding hydrogens is 628 g/mol. The molecule has 1 fully saturated rings. The van der Waals surface area contributed by atoms with E-state index in [2.05, 4.69) is 4.98 Å². The number of alkyl halides is 6. The first-order valence-corrected chi connectivity index (χ1v) is 15.2. The van der Waals surface area contributed by atoms with Gasteiger partial charge in [0, 0.05) is 56.7 Å². The van der Waals surface area contributed by atoms with Crippen LogP contribution in [-0.4, -0.2) is 69.9 Å². The van der Waals surface area contributed by atoms with Crippen molar-refractivity contribution in [1.82, 2.24) is 19.8 Å². The standard InChI is InChI=1S/C33H35F6N5O3/c1-18-13-42(16-23-10-24(32(34,35)36)12-25(11-23)33(37,38)39)30(46)27-28(26-9-7-6-8-19(26)2)40-31(41-29(27)47-17-18)43-14-20(3)44(22(5)45)21(4)15-43/h6-12,18,20-21H,13-17H2,1-5H3/t18-,20?,21?/m0/s1. The number of aromatic nitrogens is 2. The molecule has 1 aromatic heterocycles. The predicted octanol–water partition coefficient (Wildman–Crippen LogP) is 6.61. The largest absolute Gasteiger partial charge is 0.477 e. The Morgan fingerprint density at radius 1 is 0.915 bits per heavy atom. The van der Waals surface area contributed by atoms with Crippen molar-refractivity contribution >= 4 is 17.8 Å². The van der Waals surface area contributed by atoms with Gasteiger partial charge in [0.15, 0.2) is 0 Å². The van der Waals surface area contributed by atoms with Crippen molar-refractivity contribution in [1.29, 1.82) is 0 Å². The number of benzene rings is 2. The number of ether oxygens (including phenoxy) is 1. The zero-order valence-corrected chi connectivity index (χ0v) is 26.5. The summed E-state index contributed by atoms with van der Waals surface area (Å²) in [4.78, 5) is 41.1. The van der Waals surface area contributed by atoms with Crippen LogP contribution in [0.2, 0.25) is 0 Å². The first-order chi connectivity index (χ1) is 21.9. The molecule has 8 nitrogen and oxygen atoms in total. The number of rotatable bonds is 4. The van der Waals surface area contributed by atoms with Gasteiger partial charge in [0.05, 0.1) is 23.4 Å². The summed E-state index contributed by atoms with van der Waals surface area (Å²) in [7, 11) is 0. The molecule has 5 rings (SSSR count). The number of carbonyl (C=O) groups is 2. The summed E-state index contributed by atoms with van der Waals surface area (Å²) in [6.45, 7) is 9.28. The van der Waals surface area contributed by atoms with E-state index in [0.29, 0.717) is 30.8 Å². The third-order valence-corrected chi connectivity index (χ3v) is 8.39. The predicted molar refractivity (Wildman–Crippen MR) is 162 cm³/mol. The first kappa shape index (κ1) is 34.0. The number of carbonyl (C=O) groups excluding carboxylic acids is 2. The van der Waals surface area contributed by atoms with Gasteiger partial charge < -0.3 is 19.4 Å². The third-order valence-electron chi connectivity index (χ3n) is 8.39. The molecule has 47 heavy (non-hydrogen) atoms. The van der Waals surface area contributed by atoms with E-state index in [-0.39, 0.29) is 71.8 Å². The Morgan fingerprint density at radius 2 is 1.51 bits per heavy atom. The maximum absolute atomic E-state index is 14.4. The normalized spacial score (nSPS) is 20.8. The van der Waals surface area contributed by atoms with Crippen LogP contribution in [0, 0.1) is 12.8 Å². The Morgan fingerprint density at radius 3 is 2.06 bits per heavy atom. The van der Waals surface area contributed by atoms with Crippen molar-refractivity contribution in [3.63, 3.8) is 0 Å². The maximum Gasteiger partial charge on any atom is 0.416 e. The van der Waals surface area contributed by atoms with Crippen LogP contribution in [0.15, 0.2) is 42.5 Å². The molecule has 0 radical (unpaired) electrons. The Balaban J connectivity index is 1.63. The Bertz CT molecular complexity index is 1630. The molecule has 0 bridgehead atoms. The van der Waals surface area contributed by atoms with Gasteiger partial charge in [-0.2, -0.15) is 31.3 Å². The van der Waals surface area contributed by atoms with Gasteiger partial charge >= 0.3 is 12.4 Å². The monoisotopic (exact) mass is 663 g/mol. The fourth-order valence-electron chi connectivity index (χ4n) is 6.37. The highest BCUT2D eigenvalue weighted by molar-refractivity contribution is 6.02. The number of amides is 2. The van der Waals surface area contributed by atoms with Crippen LogP contribution < -0.4 is 9.64 Å². The topological polar surface area (TPSA) is 78.9 Å². The number of nitrogens with zero attached hydrogens (tertiary/aromatic N) is 5. The molecule has 2 amide bonds. The van der Waals surface area contributed by atoms with E-state index in [4.69, 9.17) is 9.72 Å². The molecular formula is C33H35F6N5O3. The lowest BCUT2D eigenvalue weighted by Gasteiger charge is -2.44. The van der Waals surface area contributed by atoms with Gasteiger partial charge in [0.1, 0.15) is 5.56 Å². The molecule has 0 N–H and O–H groups in total. The molecule has 3 heterocycles. The second kappa shape index (κ2) is 12.7. The molecule has 3 aromatic rings. The minimum absolute atomic E-state index is 0.00707. The molecule has 2 aromatic carbocycles. The highest BCUT2D eigenvalue weighted by Crippen LogP contribution is 2.38. The van der Waals surface area contributed by atoms with E-state index < -0.39 is 35.9 Å². The van der Waals surface area contributed by atoms with Gasteiger partial charge in [-0.05, 0) is 50.1 Å². The summed E-state index contributed by atoms with van der Waals surface area (Å²) in [6.07, 6.45) is -10.1. The number of fused-ring (bicyclic) bond motifs is 1. The number of hydrogen-bond acceptors (Lipinski definition) is 6. The van der Waals surface area contributed by atoms with Crippen molar-refractivity contribution in [3.05, 3.63) is 70.3 Å². The lowest BCUT2D eigenvalue weighted by molar-refractivity contribution is -0.143. The molecule has 3 atom stereocenters. The van der Waals surface area contributed by atoms with Crippen molar-refractivity contribution in [2.24, 2.45) is 5.92 Å². The molecule has 2 aliphatic heterocycles. The molecule has 0 spiro atoms. The number of piperazine rings is 1. The Hall–Kier alpha value is -4.36. The van der Waals surface area contributed by atoms with Gasteiger partial charge in [-0.3, -0.25) is 9.59 Å². The highest BCUT2D eigenvalue weighted by Gasteiger charge is 2.39. The molecule has 1 saturated heterocycles. The molecule has 2 unspecified atom stereocenters. The van der Waals surface area contributed by atoms with Gasteiger partial charge in [-0.25, -0.2) is 4.98 Å². The molecule has 252 valence electrons. The minimum atomic E-state index is -5.03. The first-order valence-electron chi connectivity index (χ1n) is 15.2. The van der Waals surface area contributed by atoms with Gasteiger partial charge in [0.2, 0.25) is 17.7 Å². The summed E-state index contributed by atoms with van der Waals surface area (Å²) in [5.41, 5.74) is -1.70. The number of hydrogen-bond donors (Lipinski definition) is 0. The maximum atomic E-state index is 14.4. The molecule has 0 aliphatic carbocycles. The van der Waals surface area contributed by atoms with Crippen LogP contribution in [-0.2, 0) is 23.7 Å². The van der Waals surface area contributed by atoms with Crippen LogP contribution >= 0.6 is 0 Å². The Labute approximate surface area is 268 Å². The lowest BCUT2D eigenvalue weighted by Crippen LogP contribution is -2.58. The van der Waals surface area contributed by atoms with E-state index in [1.807, 2.05) is 37.8 Å². The summed E-state index contributed by atoms with van der Waals surface area (Å²) in [6, 6.07) is 8.16. The van der Waals surface area contributed by atoms with Gasteiger partial charge in [0.25, 0.3) is 5.91 Å². The summed E-state index contributed by atoms with van der Waals surface area (Å²) in [5, 5.41) is 0. The second-order valence-corrected chi connectivity index (χ2v) is 12.4. The summed E-state index contributed by atoms with van der Waals surface area (Å²) >= 11 is 0. The van der Waals surface area contributed by atoms with Crippen molar-refractivity contribution in [2.75, 3.05) is 31.1 Å². The second-order valence-electron chi connectivity index (χ2n) is 12.4. The van der Waals surface area contributed by atoms with Gasteiger partial charge in [-0.15, -0.1) is 0 Å². The third kappa shape index (κ3) is 7.15. The number of anilines is 1. The average Bonchev–Trinajstić information content (AvgIpc) is 2.97. The van der Waals surface area contributed by atoms with E-state index >= 15 is 0 Å². The smallest absolute Gasteiger partial charge is 0.416 e. The molecule has 14 heteroatoms. The van der Waals surface area contributed by atoms with Crippen molar-refractivity contribution < 1.29 is 40.7 Å². The van der Waals surface area contributed by atoms with E-state index in [9.17, 15) is 35.9 Å². The van der Waals surface area contributed by atoms with Gasteiger partial charge in [-0.1, -0.05) is 31.2 Å². The SMILES string of the molecule is CC(=O)N1C(C)CN(c2nc3c(c(-c4ccccc4C)n2)C(=O)N(Cc2cc(C(F)(F)F)cc(C(F)(F)F)c2)C[C@H](C)CO3)CC1C. The fourth-order valence-corrected chi connectivity index (χ4v) is 6.37. The quantitative estimate of drug-likeness (QED) is 0.293. The van der Waals surface area contributed by atoms with Crippen LogP contribution in [0.1, 0.15) is 60.3 Å². The average molecular weight is 664 g/mol. The number of aryl methyl sites for hydroxylation is 1.